The Morgan fingerprint density at radius 2 is 1.73 bits per heavy atom. The highest BCUT2D eigenvalue weighted by Crippen LogP contribution is 2.14. The minimum atomic E-state index is -0.128. The van der Waals surface area contributed by atoms with Gasteiger partial charge in [-0.3, -0.25) is 4.79 Å². The van der Waals surface area contributed by atoms with E-state index in [-0.39, 0.29) is 11.9 Å². The summed E-state index contributed by atoms with van der Waals surface area (Å²) in [6, 6.07) is 11.2. The van der Waals surface area contributed by atoms with E-state index in [2.05, 4.69) is 24.4 Å². The molecule has 6 heteroatoms. The number of benzene rings is 1. The molecule has 0 radical (unpaired) electrons. The normalized spacial score (nSPS) is 14.3. The molecule has 2 heterocycles. The predicted molar refractivity (Wildman–Crippen MR) is 100 cm³/mol. The van der Waals surface area contributed by atoms with Crippen LogP contribution in [0.1, 0.15) is 35.9 Å². The van der Waals surface area contributed by atoms with E-state index in [1.54, 1.807) is 21.9 Å². The van der Waals surface area contributed by atoms with Crippen molar-refractivity contribution < 1.29 is 14.0 Å². The first-order valence-electron chi connectivity index (χ1n) is 9.15. The van der Waals surface area contributed by atoms with Crippen molar-refractivity contribution in [3.63, 3.8) is 0 Å². The Hall–Kier alpha value is -2.76. The number of aryl methyl sites for hydroxylation is 1. The van der Waals surface area contributed by atoms with Crippen LogP contribution in [0.15, 0.2) is 47.1 Å². The summed E-state index contributed by atoms with van der Waals surface area (Å²) in [5, 5.41) is 2.93. The first-order chi connectivity index (χ1) is 12.7. The summed E-state index contributed by atoms with van der Waals surface area (Å²) >= 11 is 0. The maximum atomic E-state index is 12.4. The van der Waals surface area contributed by atoms with Crippen LogP contribution < -0.4 is 5.32 Å². The Morgan fingerprint density at radius 3 is 2.35 bits per heavy atom. The molecule has 0 bridgehead atoms. The van der Waals surface area contributed by atoms with Gasteiger partial charge in [-0.1, -0.05) is 25.5 Å². The van der Waals surface area contributed by atoms with Crippen molar-refractivity contribution in [2.24, 2.45) is 0 Å². The van der Waals surface area contributed by atoms with Gasteiger partial charge in [0.25, 0.3) is 5.91 Å². The number of urea groups is 1. The number of carbonyl (C=O) groups is 2. The summed E-state index contributed by atoms with van der Waals surface area (Å²) in [6.07, 6.45) is 4.90. The van der Waals surface area contributed by atoms with Crippen molar-refractivity contribution in [3.05, 3.63) is 54.0 Å². The lowest BCUT2D eigenvalue weighted by atomic mass is 10.1. The number of hydrogen-bond donors (Lipinski definition) is 1. The molecule has 1 saturated heterocycles. The summed E-state index contributed by atoms with van der Waals surface area (Å²) in [4.78, 5) is 28.1. The molecular weight excluding hydrogens is 330 g/mol. The van der Waals surface area contributed by atoms with Crippen LogP contribution in [0.5, 0.6) is 0 Å². The molecular formula is C20H25N3O3. The fourth-order valence-corrected chi connectivity index (χ4v) is 3.01. The lowest BCUT2D eigenvalue weighted by Gasteiger charge is -2.34. The third kappa shape index (κ3) is 4.45. The molecule has 0 saturated carbocycles. The van der Waals surface area contributed by atoms with E-state index in [4.69, 9.17) is 4.42 Å². The lowest BCUT2D eigenvalue weighted by molar-refractivity contribution is 0.0640. The molecule has 6 nitrogen and oxygen atoms in total. The van der Waals surface area contributed by atoms with Gasteiger partial charge in [-0.2, -0.15) is 0 Å². The first-order valence-corrected chi connectivity index (χ1v) is 9.15. The van der Waals surface area contributed by atoms with Crippen LogP contribution in [0.25, 0.3) is 0 Å². The van der Waals surface area contributed by atoms with Crippen molar-refractivity contribution in [1.82, 2.24) is 9.80 Å². The van der Waals surface area contributed by atoms with Crippen molar-refractivity contribution in [2.45, 2.75) is 26.2 Å². The average molecular weight is 355 g/mol. The number of furan rings is 1. The maximum Gasteiger partial charge on any atom is 0.321 e. The Morgan fingerprint density at radius 1 is 1.04 bits per heavy atom. The molecule has 0 atom stereocenters. The van der Waals surface area contributed by atoms with Crippen molar-refractivity contribution in [1.29, 1.82) is 0 Å². The summed E-state index contributed by atoms with van der Waals surface area (Å²) < 4.78 is 5.15. The fourth-order valence-electron chi connectivity index (χ4n) is 3.01. The SMILES string of the molecule is CCCCc1ccc(NC(=O)N2CCN(C(=O)c3ccco3)CC2)cc1. The number of nitrogens with one attached hydrogen (secondary N) is 1. The predicted octanol–water partition coefficient (Wildman–Crippen LogP) is 3.61. The summed E-state index contributed by atoms with van der Waals surface area (Å²) in [6.45, 7) is 4.20. The summed E-state index contributed by atoms with van der Waals surface area (Å²) in [5.74, 6) is 0.212. The van der Waals surface area contributed by atoms with Gasteiger partial charge in [0, 0.05) is 31.9 Å². The molecule has 138 valence electrons. The standard InChI is InChI=1S/C20H25N3O3/c1-2-3-5-16-7-9-17(10-8-16)21-20(25)23-13-11-22(12-14-23)19(24)18-6-4-15-26-18/h4,6-10,15H,2-3,5,11-14H2,1H3,(H,21,25). The number of hydrogen-bond acceptors (Lipinski definition) is 3. The number of rotatable bonds is 5. The zero-order valence-electron chi connectivity index (χ0n) is 15.1. The molecule has 0 unspecified atom stereocenters. The van der Waals surface area contributed by atoms with E-state index in [0.29, 0.717) is 31.9 Å². The Bertz CT molecular complexity index is 717. The minimum absolute atomic E-state index is 0.127. The average Bonchev–Trinajstić information content (AvgIpc) is 3.22. The zero-order chi connectivity index (χ0) is 18.4. The Kier molecular flexibility index (Phi) is 5.94. The fraction of sp³-hybridized carbons (Fsp3) is 0.400. The molecule has 0 aliphatic carbocycles. The third-order valence-electron chi connectivity index (χ3n) is 4.61. The highest BCUT2D eigenvalue weighted by atomic mass is 16.3. The molecule has 1 aliphatic rings. The van der Waals surface area contributed by atoms with Gasteiger partial charge in [0.05, 0.1) is 6.26 Å². The van der Waals surface area contributed by atoms with Crippen LogP contribution >= 0.6 is 0 Å². The topological polar surface area (TPSA) is 65.8 Å². The molecule has 1 aromatic carbocycles. The molecule has 26 heavy (non-hydrogen) atoms. The van der Waals surface area contributed by atoms with Crippen molar-refractivity contribution in [3.8, 4) is 0 Å². The van der Waals surface area contributed by atoms with Gasteiger partial charge in [0.1, 0.15) is 0 Å². The number of unbranched alkanes of at least 4 members (excludes halogenated alkanes) is 1. The summed E-state index contributed by atoms with van der Waals surface area (Å²) in [7, 11) is 0. The highest BCUT2D eigenvalue weighted by molar-refractivity contribution is 5.92. The highest BCUT2D eigenvalue weighted by Gasteiger charge is 2.26. The van der Waals surface area contributed by atoms with E-state index in [0.717, 1.165) is 12.1 Å². The van der Waals surface area contributed by atoms with Crippen LogP contribution in [0.3, 0.4) is 0 Å². The molecule has 3 amide bonds. The van der Waals surface area contributed by atoms with Gasteiger partial charge < -0.3 is 19.5 Å². The van der Waals surface area contributed by atoms with E-state index >= 15 is 0 Å². The van der Waals surface area contributed by atoms with Gasteiger partial charge in [-0.25, -0.2) is 4.79 Å². The largest absolute Gasteiger partial charge is 0.459 e. The second kappa shape index (κ2) is 8.56. The number of anilines is 1. The monoisotopic (exact) mass is 355 g/mol. The second-order valence-electron chi connectivity index (χ2n) is 6.49. The van der Waals surface area contributed by atoms with Gasteiger partial charge in [-0.05, 0) is 42.7 Å². The molecule has 1 aromatic heterocycles. The number of carbonyl (C=O) groups excluding carboxylic acids is 2. The molecule has 2 aromatic rings. The maximum absolute atomic E-state index is 12.4. The zero-order valence-corrected chi connectivity index (χ0v) is 15.1. The van der Waals surface area contributed by atoms with Crippen molar-refractivity contribution in [2.75, 3.05) is 31.5 Å². The molecule has 0 spiro atoms. The van der Waals surface area contributed by atoms with E-state index < -0.39 is 0 Å². The molecule has 1 aliphatic heterocycles. The number of nitrogens with zero attached hydrogens (tertiary/aromatic N) is 2. The molecule has 3 rings (SSSR count). The van der Waals surface area contributed by atoms with E-state index in [1.165, 1.54) is 24.7 Å². The van der Waals surface area contributed by atoms with E-state index in [1.807, 2.05) is 12.1 Å². The van der Waals surface area contributed by atoms with Gasteiger partial charge in [0.15, 0.2) is 5.76 Å². The number of amides is 3. The smallest absolute Gasteiger partial charge is 0.321 e. The second-order valence-corrected chi connectivity index (χ2v) is 6.49. The van der Waals surface area contributed by atoms with Crippen LogP contribution in [-0.4, -0.2) is 47.9 Å². The molecule has 1 N–H and O–H groups in total. The van der Waals surface area contributed by atoms with Crippen LogP contribution in [0, 0.1) is 0 Å². The van der Waals surface area contributed by atoms with Gasteiger partial charge >= 0.3 is 6.03 Å². The third-order valence-corrected chi connectivity index (χ3v) is 4.61. The first kappa shape index (κ1) is 18.0. The van der Waals surface area contributed by atoms with Crippen LogP contribution in [-0.2, 0) is 6.42 Å². The Labute approximate surface area is 153 Å². The van der Waals surface area contributed by atoms with Crippen molar-refractivity contribution >= 4 is 17.6 Å². The Balaban J connectivity index is 1.48. The van der Waals surface area contributed by atoms with Crippen LogP contribution in [0.4, 0.5) is 10.5 Å². The number of piperazine rings is 1. The van der Waals surface area contributed by atoms with Gasteiger partial charge in [-0.15, -0.1) is 0 Å². The van der Waals surface area contributed by atoms with Crippen LogP contribution in [0.2, 0.25) is 0 Å². The summed E-state index contributed by atoms with van der Waals surface area (Å²) in [5.41, 5.74) is 2.08. The minimum Gasteiger partial charge on any atom is -0.459 e. The molecule has 1 fully saturated rings. The van der Waals surface area contributed by atoms with E-state index in [9.17, 15) is 9.59 Å². The lowest BCUT2D eigenvalue weighted by Crippen LogP contribution is -2.51. The quantitative estimate of drug-likeness (QED) is 0.891. The van der Waals surface area contributed by atoms with Gasteiger partial charge in [0.2, 0.25) is 0 Å².